The van der Waals surface area contributed by atoms with E-state index in [1.165, 1.54) is 0 Å². The van der Waals surface area contributed by atoms with Crippen LogP contribution in [-0.2, 0) is 4.74 Å². The Balaban J connectivity index is 2.58. The lowest BCUT2D eigenvalue weighted by Crippen LogP contribution is -2.46. The Kier molecular flexibility index (Phi) is 3.77. The zero-order valence-electron chi connectivity index (χ0n) is 9.99. The number of hydrogen-bond acceptors (Lipinski definition) is 6. The third kappa shape index (κ3) is 2.07. The average molecular weight is 302 g/mol. The minimum absolute atomic E-state index is 0.249. The molecule has 4 N–H and O–H groups in total. The third-order valence-electron chi connectivity index (χ3n) is 3.07. The molecule has 1 fully saturated rings. The molecule has 1 saturated heterocycles. The maximum absolute atomic E-state index is 13.3. The van der Waals surface area contributed by atoms with E-state index in [1.807, 2.05) is 10.9 Å². The first-order valence-electron chi connectivity index (χ1n) is 5.50. The lowest BCUT2D eigenvalue weighted by molar-refractivity contribution is -0.0759. The molecule has 0 aromatic carbocycles. The van der Waals surface area contributed by atoms with E-state index in [-0.39, 0.29) is 4.77 Å². The van der Waals surface area contributed by atoms with Crippen molar-refractivity contribution in [3.63, 3.8) is 0 Å². The zero-order valence-corrected chi connectivity index (χ0v) is 10.8. The van der Waals surface area contributed by atoms with Crippen LogP contribution in [0.5, 0.6) is 0 Å². The number of aromatic amines is 1. The van der Waals surface area contributed by atoms with Crippen LogP contribution in [0.2, 0.25) is 0 Å². The Morgan fingerprint density at radius 2 is 2.35 bits per heavy atom. The van der Waals surface area contributed by atoms with Crippen LogP contribution in [0.4, 0.5) is 4.39 Å². The second kappa shape index (κ2) is 5.08. The molecule has 20 heavy (non-hydrogen) atoms. The zero-order chi connectivity index (χ0) is 15.1. The van der Waals surface area contributed by atoms with Gasteiger partial charge in [-0.25, -0.2) is 0 Å². The van der Waals surface area contributed by atoms with Gasteiger partial charge in [-0.15, -0.1) is 6.42 Å². The summed E-state index contributed by atoms with van der Waals surface area (Å²) in [5.74, 6) is 0.789. The number of nitrogens with zero attached hydrogens (tertiary/aromatic N) is 1. The number of H-pyrrole nitrogens is 1. The molecule has 9 heteroatoms. The van der Waals surface area contributed by atoms with Gasteiger partial charge in [-0.05, 0) is 12.2 Å². The lowest BCUT2D eigenvalue weighted by atomic mass is 9.95. The summed E-state index contributed by atoms with van der Waals surface area (Å²) in [5.41, 5.74) is -3.26. The predicted octanol–water partition coefficient (Wildman–Crippen LogP) is -1.34. The van der Waals surface area contributed by atoms with E-state index < -0.39 is 42.0 Å². The molecule has 0 spiro atoms. The number of terminal acetylenes is 1. The summed E-state index contributed by atoms with van der Waals surface area (Å²) in [4.78, 5) is 13.1. The van der Waals surface area contributed by atoms with Gasteiger partial charge in [-0.3, -0.25) is 14.3 Å². The van der Waals surface area contributed by atoms with Crippen molar-refractivity contribution in [3.05, 3.63) is 27.1 Å². The van der Waals surface area contributed by atoms with Crippen LogP contribution in [0.15, 0.2) is 11.0 Å². The van der Waals surface area contributed by atoms with Crippen LogP contribution >= 0.6 is 12.2 Å². The van der Waals surface area contributed by atoms with Gasteiger partial charge in [-0.2, -0.15) is 4.39 Å². The van der Waals surface area contributed by atoms with Gasteiger partial charge in [0.05, 0.1) is 12.8 Å². The topological polar surface area (TPSA) is 108 Å². The highest BCUT2D eigenvalue weighted by atomic mass is 32.1. The molecular formula is C11H11FN2O5S. The number of nitrogens with one attached hydrogen (secondary N) is 1. The molecule has 1 aromatic rings. The minimum Gasteiger partial charge on any atom is -0.394 e. The van der Waals surface area contributed by atoms with Crippen molar-refractivity contribution >= 4 is 12.2 Å². The summed E-state index contributed by atoms with van der Waals surface area (Å²) >= 11 is 4.84. The van der Waals surface area contributed by atoms with Crippen LogP contribution in [0, 0.1) is 22.9 Å². The van der Waals surface area contributed by atoms with Crippen molar-refractivity contribution in [2.75, 3.05) is 6.61 Å². The number of aromatic nitrogens is 2. The molecule has 2 unspecified atom stereocenters. The summed E-state index contributed by atoms with van der Waals surface area (Å²) in [5, 5.41) is 29.2. The maximum atomic E-state index is 13.3. The lowest BCUT2D eigenvalue weighted by Gasteiger charge is -2.26. The fraction of sp³-hybridized carbons (Fsp3) is 0.455. The molecule has 108 valence electrons. The fourth-order valence-electron chi connectivity index (χ4n) is 1.99. The summed E-state index contributed by atoms with van der Waals surface area (Å²) in [6.07, 6.45) is 1.68. The fourth-order valence-corrected chi connectivity index (χ4v) is 2.23. The largest absolute Gasteiger partial charge is 0.394 e. The van der Waals surface area contributed by atoms with Crippen molar-refractivity contribution < 1.29 is 24.4 Å². The molecule has 7 nitrogen and oxygen atoms in total. The van der Waals surface area contributed by atoms with Crippen molar-refractivity contribution in [2.24, 2.45) is 0 Å². The molecule has 0 aliphatic carbocycles. The molecule has 0 radical (unpaired) electrons. The van der Waals surface area contributed by atoms with E-state index in [0.29, 0.717) is 6.20 Å². The standard InChI is InChI=1S/C11H11FN2O5S/c1-2-11(18)7(16)6(4-15)19-9(11)14-3-5(12)8(17)13-10(14)20/h1,3,6-7,9,15-16,18H,4H2,(H,13,17,20)/t6-,7?,9-,11?/m1/s1. The highest BCUT2D eigenvalue weighted by molar-refractivity contribution is 7.71. The van der Waals surface area contributed by atoms with E-state index in [1.54, 1.807) is 0 Å². The highest BCUT2D eigenvalue weighted by Crippen LogP contribution is 2.37. The number of ether oxygens (including phenoxy) is 1. The molecule has 1 aliphatic rings. The van der Waals surface area contributed by atoms with Crippen molar-refractivity contribution in [3.8, 4) is 12.3 Å². The van der Waals surface area contributed by atoms with E-state index in [9.17, 15) is 19.4 Å². The van der Waals surface area contributed by atoms with Gasteiger partial charge < -0.3 is 20.1 Å². The maximum Gasteiger partial charge on any atom is 0.287 e. The molecule has 0 bridgehead atoms. The summed E-state index contributed by atoms with van der Waals surface area (Å²) < 4.78 is 19.2. The van der Waals surface area contributed by atoms with E-state index >= 15 is 0 Å². The summed E-state index contributed by atoms with van der Waals surface area (Å²) in [7, 11) is 0. The van der Waals surface area contributed by atoms with Gasteiger partial charge >= 0.3 is 0 Å². The Bertz CT molecular complexity index is 681. The van der Waals surface area contributed by atoms with E-state index in [0.717, 1.165) is 4.57 Å². The van der Waals surface area contributed by atoms with Crippen LogP contribution in [0.3, 0.4) is 0 Å². The van der Waals surface area contributed by atoms with Gasteiger partial charge in [0.1, 0.15) is 12.2 Å². The number of rotatable bonds is 2. The van der Waals surface area contributed by atoms with E-state index in [2.05, 4.69) is 0 Å². The van der Waals surface area contributed by atoms with E-state index in [4.69, 9.17) is 28.5 Å². The first kappa shape index (κ1) is 14.8. The Morgan fingerprint density at radius 3 is 2.90 bits per heavy atom. The molecule has 2 rings (SSSR count). The third-order valence-corrected chi connectivity index (χ3v) is 3.38. The highest BCUT2D eigenvalue weighted by Gasteiger charge is 2.55. The summed E-state index contributed by atoms with van der Waals surface area (Å²) in [6.45, 7) is -0.610. The first-order valence-corrected chi connectivity index (χ1v) is 5.91. The number of aliphatic hydroxyl groups is 3. The van der Waals surface area contributed by atoms with Crippen molar-refractivity contribution in [2.45, 2.75) is 24.0 Å². The normalized spacial score (nSPS) is 33.0. The van der Waals surface area contributed by atoms with Crippen molar-refractivity contribution in [1.29, 1.82) is 0 Å². The number of hydrogen-bond donors (Lipinski definition) is 4. The molecule has 1 aromatic heterocycles. The second-order valence-corrected chi connectivity index (χ2v) is 4.65. The van der Waals surface area contributed by atoms with Crippen LogP contribution < -0.4 is 5.56 Å². The Hall–Kier alpha value is -1.57. The Labute approximate surface area is 117 Å². The first-order chi connectivity index (χ1) is 9.35. The van der Waals surface area contributed by atoms with Gasteiger partial charge in [0.2, 0.25) is 5.82 Å². The van der Waals surface area contributed by atoms with Crippen LogP contribution in [0.25, 0.3) is 0 Å². The molecule has 4 atom stereocenters. The van der Waals surface area contributed by atoms with Gasteiger partial charge in [0.15, 0.2) is 16.6 Å². The second-order valence-electron chi connectivity index (χ2n) is 4.27. The van der Waals surface area contributed by atoms with Gasteiger partial charge in [-0.1, -0.05) is 5.92 Å². The van der Waals surface area contributed by atoms with Gasteiger partial charge in [0, 0.05) is 0 Å². The molecule has 0 amide bonds. The van der Waals surface area contributed by atoms with Crippen molar-refractivity contribution in [1.82, 2.24) is 9.55 Å². The number of halogens is 1. The monoisotopic (exact) mass is 302 g/mol. The molecular weight excluding hydrogens is 291 g/mol. The predicted molar refractivity (Wildman–Crippen MR) is 66.6 cm³/mol. The smallest absolute Gasteiger partial charge is 0.287 e. The summed E-state index contributed by atoms with van der Waals surface area (Å²) in [6, 6.07) is 0. The Morgan fingerprint density at radius 1 is 1.70 bits per heavy atom. The molecule has 2 heterocycles. The van der Waals surface area contributed by atoms with Gasteiger partial charge in [0.25, 0.3) is 5.56 Å². The van der Waals surface area contributed by atoms with Crippen LogP contribution in [-0.4, -0.2) is 49.3 Å². The molecule has 0 saturated carbocycles. The SMILES string of the molecule is C#CC1(O)C(O)[C@@H](CO)O[C@H]1n1cc(F)c(=O)[nH]c1=S. The van der Waals surface area contributed by atoms with Crippen LogP contribution in [0.1, 0.15) is 6.23 Å². The average Bonchev–Trinajstić information content (AvgIpc) is 2.67. The minimum atomic E-state index is -2.23. The molecule has 1 aliphatic heterocycles. The quantitative estimate of drug-likeness (QED) is 0.398. The number of aliphatic hydroxyl groups excluding tert-OH is 2.